The zero-order chi connectivity index (χ0) is 15.2. The van der Waals surface area contributed by atoms with Crippen molar-refractivity contribution in [2.45, 2.75) is 0 Å². The first-order valence-corrected chi connectivity index (χ1v) is 6.95. The fourth-order valence-corrected chi connectivity index (χ4v) is 2.32. The van der Waals surface area contributed by atoms with E-state index in [1.54, 1.807) is 17.5 Å². The number of hydrogen-bond acceptors (Lipinski definition) is 5. The van der Waals surface area contributed by atoms with Gasteiger partial charge in [-0.3, -0.25) is 14.9 Å². The van der Waals surface area contributed by atoms with Gasteiger partial charge in [0, 0.05) is 25.2 Å². The van der Waals surface area contributed by atoms with Crippen molar-refractivity contribution in [3.8, 4) is 0 Å². The van der Waals surface area contributed by atoms with E-state index in [1.807, 2.05) is 0 Å². The van der Waals surface area contributed by atoms with Crippen LogP contribution in [-0.2, 0) is 0 Å². The summed E-state index contributed by atoms with van der Waals surface area (Å²) in [6.45, 7) is 0.520. The van der Waals surface area contributed by atoms with Crippen LogP contribution in [0, 0.1) is 15.9 Å². The molecule has 8 heteroatoms. The van der Waals surface area contributed by atoms with Crippen LogP contribution in [0.4, 0.5) is 15.8 Å². The minimum atomic E-state index is -0.591. The summed E-state index contributed by atoms with van der Waals surface area (Å²) in [5.74, 6) is -0.772. The molecule has 1 aromatic carbocycles. The molecule has 0 aliphatic rings. The summed E-state index contributed by atoms with van der Waals surface area (Å²) in [5, 5.41) is 18.0. The van der Waals surface area contributed by atoms with E-state index in [1.165, 1.54) is 11.3 Å². The lowest BCUT2D eigenvalue weighted by Gasteiger charge is -2.08. The predicted octanol–water partition coefficient (Wildman–Crippen LogP) is 2.64. The van der Waals surface area contributed by atoms with Gasteiger partial charge in [0.2, 0.25) is 0 Å². The van der Waals surface area contributed by atoms with Gasteiger partial charge in [-0.2, -0.15) is 0 Å². The largest absolute Gasteiger partial charge is 0.378 e. The van der Waals surface area contributed by atoms with E-state index in [0.29, 0.717) is 4.88 Å². The van der Waals surface area contributed by atoms with Crippen LogP contribution in [0.25, 0.3) is 0 Å². The maximum absolute atomic E-state index is 13.1. The molecule has 1 amide bonds. The third kappa shape index (κ3) is 3.99. The summed E-state index contributed by atoms with van der Waals surface area (Å²) >= 11 is 1.32. The first kappa shape index (κ1) is 14.9. The number of nitro groups is 1. The summed E-state index contributed by atoms with van der Waals surface area (Å²) in [7, 11) is 0. The molecular formula is C13H12FN3O3S. The second-order valence-electron chi connectivity index (χ2n) is 4.08. The highest BCUT2D eigenvalue weighted by Crippen LogP contribution is 2.24. The normalized spacial score (nSPS) is 10.1. The smallest absolute Gasteiger partial charge is 0.292 e. The lowest BCUT2D eigenvalue weighted by Crippen LogP contribution is -2.28. The summed E-state index contributed by atoms with van der Waals surface area (Å²) < 4.78 is 13.1. The van der Waals surface area contributed by atoms with E-state index in [2.05, 4.69) is 10.6 Å². The van der Waals surface area contributed by atoms with Gasteiger partial charge in [-0.1, -0.05) is 6.07 Å². The van der Waals surface area contributed by atoms with E-state index in [-0.39, 0.29) is 30.4 Å². The highest BCUT2D eigenvalue weighted by molar-refractivity contribution is 7.12. The summed E-state index contributed by atoms with van der Waals surface area (Å²) in [4.78, 5) is 22.5. The monoisotopic (exact) mass is 309 g/mol. The molecule has 0 atom stereocenters. The van der Waals surface area contributed by atoms with Crippen molar-refractivity contribution in [3.05, 3.63) is 56.5 Å². The Hall–Kier alpha value is -2.48. The van der Waals surface area contributed by atoms with Crippen LogP contribution in [0.5, 0.6) is 0 Å². The predicted molar refractivity (Wildman–Crippen MR) is 78.2 cm³/mol. The molecule has 0 bridgehead atoms. The summed E-state index contributed by atoms with van der Waals surface area (Å²) in [6, 6.07) is 6.65. The number of nitro benzene ring substituents is 1. The fraction of sp³-hybridized carbons (Fsp3) is 0.154. The van der Waals surface area contributed by atoms with E-state index in [0.717, 1.165) is 18.2 Å². The average Bonchev–Trinajstić information content (AvgIpc) is 2.97. The molecule has 0 unspecified atom stereocenters. The van der Waals surface area contributed by atoms with E-state index in [9.17, 15) is 19.3 Å². The van der Waals surface area contributed by atoms with Crippen LogP contribution >= 0.6 is 11.3 Å². The number of thiophene rings is 1. The lowest BCUT2D eigenvalue weighted by molar-refractivity contribution is -0.384. The minimum Gasteiger partial charge on any atom is -0.378 e. The number of anilines is 1. The van der Waals surface area contributed by atoms with Crippen LogP contribution in [0.2, 0.25) is 0 Å². The van der Waals surface area contributed by atoms with Crippen molar-refractivity contribution in [1.29, 1.82) is 0 Å². The maximum atomic E-state index is 13.1. The van der Waals surface area contributed by atoms with E-state index >= 15 is 0 Å². The summed E-state index contributed by atoms with van der Waals surface area (Å²) in [5.41, 5.74) is -0.119. The molecule has 2 aromatic rings. The molecule has 0 aliphatic carbocycles. The highest BCUT2D eigenvalue weighted by atomic mass is 32.1. The van der Waals surface area contributed by atoms with Gasteiger partial charge in [0.15, 0.2) is 0 Å². The Bertz CT molecular complexity index is 646. The number of nitrogens with one attached hydrogen (secondary N) is 2. The standard InChI is InChI=1S/C13H12FN3O3S/c14-9-3-4-11(17(19)20)10(8-9)15-5-6-16-13(18)12-2-1-7-21-12/h1-4,7-8,15H,5-6H2,(H,16,18). The van der Waals surface area contributed by atoms with Crippen molar-refractivity contribution >= 4 is 28.6 Å². The topological polar surface area (TPSA) is 84.3 Å². The number of rotatable bonds is 6. The number of halogens is 1. The second kappa shape index (κ2) is 6.80. The third-order valence-electron chi connectivity index (χ3n) is 2.63. The van der Waals surface area contributed by atoms with Gasteiger partial charge < -0.3 is 10.6 Å². The number of hydrogen-bond donors (Lipinski definition) is 2. The van der Waals surface area contributed by atoms with Crippen molar-refractivity contribution < 1.29 is 14.1 Å². The van der Waals surface area contributed by atoms with Gasteiger partial charge in [-0.25, -0.2) is 4.39 Å². The molecule has 1 heterocycles. The van der Waals surface area contributed by atoms with E-state index in [4.69, 9.17) is 0 Å². The van der Waals surface area contributed by atoms with Crippen LogP contribution < -0.4 is 10.6 Å². The van der Waals surface area contributed by atoms with Crippen LogP contribution in [-0.4, -0.2) is 23.9 Å². The molecule has 2 rings (SSSR count). The Morgan fingerprint density at radius 3 is 2.81 bits per heavy atom. The molecular weight excluding hydrogens is 297 g/mol. The van der Waals surface area contributed by atoms with E-state index < -0.39 is 10.7 Å². The molecule has 0 spiro atoms. The molecule has 21 heavy (non-hydrogen) atoms. The van der Waals surface area contributed by atoms with Crippen LogP contribution in [0.1, 0.15) is 9.67 Å². The number of benzene rings is 1. The Morgan fingerprint density at radius 1 is 1.33 bits per heavy atom. The van der Waals surface area contributed by atoms with Gasteiger partial charge in [-0.05, 0) is 17.5 Å². The fourth-order valence-electron chi connectivity index (χ4n) is 1.68. The molecule has 1 aromatic heterocycles. The van der Waals surface area contributed by atoms with Crippen molar-refractivity contribution in [2.24, 2.45) is 0 Å². The van der Waals surface area contributed by atoms with Gasteiger partial charge in [0.1, 0.15) is 11.5 Å². The Kier molecular flexibility index (Phi) is 4.83. The number of carbonyl (C=O) groups is 1. The zero-order valence-electron chi connectivity index (χ0n) is 10.8. The maximum Gasteiger partial charge on any atom is 0.292 e. The Labute approximate surface area is 123 Å². The van der Waals surface area contributed by atoms with Crippen molar-refractivity contribution in [1.82, 2.24) is 5.32 Å². The second-order valence-corrected chi connectivity index (χ2v) is 5.03. The molecule has 6 nitrogen and oxygen atoms in total. The van der Waals surface area contributed by atoms with Crippen molar-refractivity contribution in [3.63, 3.8) is 0 Å². The molecule has 110 valence electrons. The molecule has 2 N–H and O–H groups in total. The van der Waals surface area contributed by atoms with Crippen molar-refractivity contribution in [2.75, 3.05) is 18.4 Å². The first-order chi connectivity index (χ1) is 10.1. The van der Waals surface area contributed by atoms with Crippen LogP contribution in [0.15, 0.2) is 35.7 Å². The Morgan fingerprint density at radius 2 is 2.14 bits per heavy atom. The SMILES string of the molecule is O=C(NCCNc1cc(F)ccc1[N+](=O)[O-])c1cccs1. The quantitative estimate of drug-likeness (QED) is 0.488. The number of nitrogens with zero attached hydrogens (tertiary/aromatic N) is 1. The van der Waals surface area contributed by atoms with Gasteiger partial charge in [-0.15, -0.1) is 11.3 Å². The molecule has 0 fully saturated rings. The number of carbonyl (C=O) groups excluding carboxylic acids is 1. The van der Waals surface area contributed by atoms with Gasteiger partial charge in [0.05, 0.1) is 9.80 Å². The minimum absolute atomic E-state index is 0.0883. The average molecular weight is 309 g/mol. The van der Waals surface area contributed by atoms with Crippen LogP contribution in [0.3, 0.4) is 0 Å². The number of amides is 1. The molecule has 0 aliphatic heterocycles. The highest BCUT2D eigenvalue weighted by Gasteiger charge is 2.14. The van der Waals surface area contributed by atoms with Gasteiger partial charge >= 0.3 is 0 Å². The first-order valence-electron chi connectivity index (χ1n) is 6.07. The molecule has 0 saturated heterocycles. The summed E-state index contributed by atoms with van der Waals surface area (Å²) in [6.07, 6.45) is 0. The molecule has 0 radical (unpaired) electrons. The lowest BCUT2D eigenvalue weighted by atomic mass is 10.2. The third-order valence-corrected chi connectivity index (χ3v) is 3.49. The Balaban J connectivity index is 1.87. The molecule has 0 saturated carbocycles. The van der Waals surface area contributed by atoms with Gasteiger partial charge in [0.25, 0.3) is 11.6 Å². The zero-order valence-corrected chi connectivity index (χ0v) is 11.7.